The summed E-state index contributed by atoms with van der Waals surface area (Å²) in [5.74, 6) is -0.693. The number of nitrogens with one attached hydrogen (secondary N) is 1. The smallest absolute Gasteiger partial charge is 0.335 e. The Kier molecular flexibility index (Phi) is 4.93. The summed E-state index contributed by atoms with van der Waals surface area (Å²) in [4.78, 5) is 16.7. The Balaban J connectivity index is 1.57. The summed E-state index contributed by atoms with van der Waals surface area (Å²) in [6, 6.07) is 9.32. The fourth-order valence-electron chi connectivity index (χ4n) is 4.95. The van der Waals surface area contributed by atoms with Crippen molar-refractivity contribution in [3.05, 3.63) is 35.9 Å². The van der Waals surface area contributed by atoms with Crippen LogP contribution >= 0.6 is 0 Å². The van der Waals surface area contributed by atoms with E-state index in [1.54, 1.807) is 9.80 Å². The van der Waals surface area contributed by atoms with E-state index in [0.717, 1.165) is 31.4 Å². The summed E-state index contributed by atoms with van der Waals surface area (Å²) in [7, 11) is 0. The first kappa shape index (κ1) is 18.7. The predicted octanol–water partition coefficient (Wildman–Crippen LogP) is 2.79. The second-order valence-corrected chi connectivity index (χ2v) is 8.12. The van der Waals surface area contributed by atoms with Gasteiger partial charge in [0.2, 0.25) is 5.91 Å². The molecular formula is C20H26F3N3O. The summed E-state index contributed by atoms with van der Waals surface area (Å²) in [6.07, 6.45) is -2.32. The van der Waals surface area contributed by atoms with Gasteiger partial charge in [0.1, 0.15) is 0 Å². The number of amides is 1. The van der Waals surface area contributed by atoms with Crippen LogP contribution in [0.1, 0.15) is 31.2 Å². The van der Waals surface area contributed by atoms with Crippen LogP contribution in [0.4, 0.5) is 13.2 Å². The van der Waals surface area contributed by atoms with E-state index in [-0.39, 0.29) is 25.0 Å². The third kappa shape index (κ3) is 3.36. The Bertz CT molecular complexity index is 667. The van der Waals surface area contributed by atoms with Gasteiger partial charge in [-0.1, -0.05) is 30.3 Å². The van der Waals surface area contributed by atoms with E-state index >= 15 is 0 Å². The Morgan fingerprint density at radius 1 is 1.15 bits per heavy atom. The van der Waals surface area contributed by atoms with Crippen molar-refractivity contribution in [3.8, 4) is 0 Å². The number of likely N-dealkylation sites (tertiary alicyclic amines) is 1. The molecule has 3 atom stereocenters. The Morgan fingerprint density at radius 2 is 1.89 bits per heavy atom. The summed E-state index contributed by atoms with van der Waals surface area (Å²) in [5.41, 5.74) is -1.30. The number of hydrogen-bond donors (Lipinski definition) is 1. The number of hydrogen-bond acceptors (Lipinski definition) is 3. The second-order valence-electron chi connectivity index (χ2n) is 8.12. The second kappa shape index (κ2) is 7.09. The average Bonchev–Trinajstić information content (AvgIpc) is 3.16. The minimum Gasteiger partial charge on any atom is -0.335 e. The van der Waals surface area contributed by atoms with E-state index in [4.69, 9.17) is 0 Å². The van der Waals surface area contributed by atoms with E-state index in [0.29, 0.717) is 19.6 Å². The van der Waals surface area contributed by atoms with Gasteiger partial charge in [-0.3, -0.25) is 9.69 Å². The van der Waals surface area contributed by atoms with Crippen molar-refractivity contribution in [3.63, 3.8) is 0 Å². The molecule has 0 radical (unpaired) electrons. The van der Waals surface area contributed by atoms with Crippen LogP contribution in [-0.4, -0.2) is 60.1 Å². The first-order valence-electron chi connectivity index (χ1n) is 9.77. The molecule has 3 aliphatic heterocycles. The van der Waals surface area contributed by atoms with Crippen LogP contribution in [0.2, 0.25) is 0 Å². The van der Waals surface area contributed by atoms with Crippen LogP contribution in [0.5, 0.6) is 0 Å². The zero-order chi connectivity index (χ0) is 19.1. The lowest BCUT2D eigenvalue weighted by Crippen LogP contribution is -2.57. The van der Waals surface area contributed by atoms with Crippen LogP contribution in [0.25, 0.3) is 0 Å². The molecule has 4 nitrogen and oxygen atoms in total. The van der Waals surface area contributed by atoms with Gasteiger partial charge in [0, 0.05) is 31.7 Å². The van der Waals surface area contributed by atoms with E-state index in [9.17, 15) is 18.0 Å². The molecule has 0 aromatic heterocycles. The fraction of sp³-hybridized carbons (Fsp3) is 0.650. The lowest BCUT2D eigenvalue weighted by molar-refractivity contribution is -0.225. The summed E-state index contributed by atoms with van der Waals surface area (Å²) >= 11 is 0. The summed E-state index contributed by atoms with van der Waals surface area (Å²) < 4.78 is 42.7. The molecule has 3 unspecified atom stereocenters. The average molecular weight is 381 g/mol. The van der Waals surface area contributed by atoms with Crippen LogP contribution in [0.3, 0.4) is 0 Å². The third-order valence-corrected chi connectivity index (χ3v) is 6.44. The van der Waals surface area contributed by atoms with Crippen molar-refractivity contribution in [2.24, 2.45) is 5.41 Å². The molecule has 3 heterocycles. The Morgan fingerprint density at radius 3 is 2.63 bits per heavy atom. The standard InChI is InChI=1S/C20H26F3N3O/c21-20(22,23)19(9-11-25(14-19)13-15-4-2-1-3-5-15)18(27)26-16-6-7-17(26)12-24-10-8-16/h1-5,16-17,24H,6-14H2. The van der Waals surface area contributed by atoms with Gasteiger partial charge in [-0.15, -0.1) is 0 Å². The lowest BCUT2D eigenvalue weighted by atomic mass is 9.83. The number of benzene rings is 1. The number of alkyl halides is 3. The molecule has 1 aromatic rings. The molecule has 148 valence electrons. The van der Waals surface area contributed by atoms with E-state index in [1.807, 2.05) is 30.3 Å². The van der Waals surface area contributed by atoms with Crippen LogP contribution in [0.15, 0.2) is 30.3 Å². The maximum absolute atomic E-state index is 14.2. The van der Waals surface area contributed by atoms with Gasteiger partial charge in [0.05, 0.1) is 0 Å². The van der Waals surface area contributed by atoms with Gasteiger partial charge in [-0.05, 0) is 44.3 Å². The first-order valence-corrected chi connectivity index (χ1v) is 9.77. The Labute approximate surface area is 157 Å². The van der Waals surface area contributed by atoms with Crippen LogP contribution in [0, 0.1) is 5.41 Å². The van der Waals surface area contributed by atoms with Crippen LogP contribution in [-0.2, 0) is 11.3 Å². The zero-order valence-electron chi connectivity index (χ0n) is 15.3. The fourth-order valence-corrected chi connectivity index (χ4v) is 4.95. The highest BCUT2D eigenvalue weighted by molar-refractivity contribution is 5.85. The van der Waals surface area contributed by atoms with Crippen molar-refractivity contribution in [1.29, 1.82) is 0 Å². The maximum Gasteiger partial charge on any atom is 0.404 e. The van der Waals surface area contributed by atoms with Crippen molar-refractivity contribution in [2.45, 2.75) is 50.5 Å². The quantitative estimate of drug-likeness (QED) is 0.875. The molecule has 3 saturated heterocycles. The maximum atomic E-state index is 14.2. The first-order chi connectivity index (χ1) is 12.9. The molecule has 4 rings (SSSR count). The van der Waals surface area contributed by atoms with E-state index in [1.165, 1.54) is 0 Å². The number of carbonyl (C=O) groups excluding carboxylic acids is 1. The van der Waals surface area contributed by atoms with Gasteiger partial charge in [-0.2, -0.15) is 13.2 Å². The molecule has 1 aromatic carbocycles. The Hall–Kier alpha value is -1.60. The molecule has 2 bridgehead atoms. The number of fused-ring (bicyclic) bond motifs is 2. The predicted molar refractivity (Wildman–Crippen MR) is 96.0 cm³/mol. The minimum absolute atomic E-state index is 0.0556. The molecule has 3 fully saturated rings. The van der Waals surface area contributed by atoms with Crippen molar-refractivity contribution < 1.29 is 18.0 Å². The molecule has 1 amide bonds. The molecule has 0 saturated carbocycles. The molecular weight excluding hydrogens is 355 g/mol. The van der Waals surface area contributed by atoms with E-state index in [2.05, 4.69) is 5.32 Å². The normalized spacial score (nSPS) is 31.9. The highest BCUT2D eigenvalue weighted by Crippen LogP contribution is 2.49. The van der Waals surface area contributed by atoms with Crippen LogP contribution < -0.4 is 5.32 Å². The zero-order valence-corrected chi connectivity index (χ0v) is 15.3. The molecule has 3 aliphatic rings. The van der Waals surface area contributed by atoms with Gasteiger partial charge in [-0.25, -0.2) is 0 Å². The topological polar surface area (TPSA) is 35.6 Å². The van der Waals surface area contributed by atoms with Crippen molar-refractivity contribution in [2.75, 3.05) is 26.2 Å². The number of halogens is 3. The SMILES string of the molecule is O=C(N1C2CCNCC1CC2)C1(C(F)(F)F)CCN(Cc2ccccc2)C1. The molecule has 27 heavy (non-hydrogen) atoms. The molecule has 7 heteroatoms. The number of rotatable bonds is 3. The van der Waals surface area contributed by atoms with Crippen molar-refractivity contribution >= 4 is 5.91 Å². The third-order valence-electron chi connectivity index (χ3n) is 6.44. The van der Waals surface area contributed by atoms with Gasteiger partial charge in [0.25, 0.3) is 0 Å². The largest absolute Gasteiger partial charge is 0.404 e. The van der Waals surface area contributed by atoms with E-state index < -0.39 is 17.5 Å². The number of nitrogens with zero attached hydrogens (tertiary/aromatic N) is 2. The highest BCUT2D eigenvalue weighted by Gasteiger charge is 2.65. The number of carbonyl (C=O) groups is 1. The van der Waals surface area contributed by atoms with Crippen molar-refractivity contribution in [1.82, 2.24) is 15.1 Å². The van der Waals surface area contributed by atoms with Gasteiger partial charge >= 0.3 is 6.18 Å². The monoisotopic (exact) mass is 381 g/mol. The summed E-state index contributed by atoms with van der Waals surface area (Å²) in [6.45, 7) is 1.86. The highest BCUT2D eigenvalue weighted by atomic mass is 19.4. The van der Waals surface area contributed by atoms with Gasteiger partial charge in [0.15, 0.2) is 5.41 Å². The molecule has 0 aliphatic carbocycles. The molecule has 1 N–H and O–H groups in total. The van der Waals surface area contributed by atoms with Gasteiger partial charge < -0.3 is 10.2 Å². The summed E-state index contributed by atoms with van der Waals surface area (Å²) in [5, 5.41) is 3.26. The molecule has 0 spiro atoms. The lowest BCUT2D eigenvalue weighted by Gasteiger charge is -2.38. The minimum atomic E-state index is -4.53.